The Kier molecular flexibility index (Phi) is 7.98. The van der Waals surface area contributed by atoms with Crippen molar-refractivity contribution in [1.29, 1.82) is 0 Å². The van der Waals surface area contributed by atoms with Crippen molar-refractivity contribution in [2.45, 2.75) is 43.7 Å². The lowest BCUT2D eigenvalue weighted by atomic mass is 10.0. The van der Waals surface area contributed by atoms with Gasteiger partial charge in [-0.25, -0.2) is 18.1 Å². The van der Waals surface area contributed by atoms with Crippen molar-refractivity contribution in [2.24, 2.45) is 0 Å². The van der Waals surface area contributed by atoms with Gasteiger partial charge in [-0.2, -0.15) is 4.39 Å². The fraction of sp³-hybridized carbons (Fsp3) is 0.240. The fourth-order valence-electron chi connectivity index (χ4n) is 3.22. The van der Waals surface area contributed by atoms with Gasteiger partial charge in [0.05, 0.1) is 10.5 Å². The van der Waals surface area contributed by atoms with Gasteiger partial charge in [0.25, 0.3) is 5.91 Å². The Balaban J connectivity index is 1.77. The monoisotopic (exact) mass is 498 g/mol. The predicted octanol–water partition coefficient (Wildman–Crippen LogP) is 3.28. The zero-order chi connectivity index (χ0) is 25.6. The normalized spacial score (nSPS) is 12.6. The van der Waals surface area contributed by atoms with E-state index in [1.54, 1.807) is 20.8 Å². The van der Waals surface area contributed by atoms with Crippen LogP contribution < -0.4 is 15.4 Å². The number of nitrogens with zero attached hydrogens (tertiary/aromatic N) is 1. The van der Waals surface area contributed by atoms with E-state index in [1.165, 1.54) is 30.3 Å². The number of carbonyl (C=O) groups excluding carboxylic acids is 2. The molecule has 0 aliphatic carbocycles. The molecule has 1 aromatic heterocycles. The average molecular weight is 499 g/mol. The van der Waals surface area contributed by atoms with E-state index >= 15 is 0 Å². The summed E-state index contributed by atoms with van der Waals surface area (Å²) in [6, 6.07) is 16.2. The summed E-state index contributed by atoms with van der Waals surface area (Å²) in [4.78, 5) is 29.3. The van der Waals surface area contributed by atoms with Gasteiger partial charge >= 0.3 is 0 Å². The first-order valence-electron chi connectivity index (χ1n) is 10.8. The van der Waals surface area contributed by atoms with Gasteiger partial charge in [0.2, 0.25) is 21.9 Å². The van der Waals surface area contributed by atoms with Crippen LogP contribution in [-0.4, -0.2) is 36.8 Å². The molecule has 3 N–H and O–H groups in total. The topological polar surface area (TPSA) is 117 Å². The summed E-state index contributed by atoms with van der Waals surface area (Å²) < 4.78 is 40.7. The van der Waals surface area contributed by atoms with Gasteiger partial charge < -0.3 is 10.6 Å². The molecule has 3 rings (SSSR count). The van der Waals surface area contributed by atoms with Gasteiger partial charge in [0, 0.05) is 23.8 Å². The van der Waals surface area contributed by atoms with Crippen molar-refractivity contribution < 1.29 is 22.4 Å². The number of amides is 2. The molecule has 0 unspecified atom stereocenters. The van der Waals surface area contributed by atoms with Gasteiger partial charge in [-0.3, -0.25) is 9.59 Å². The predicted molar refractivity (Wildman–Crippen MR) is 131 cm³/mol. The maximum Gasteiger partial charge on any atom is 0.253 e. The third-order valence-electron chi connectivity index (χ3n) is 4.77. The SMILES string of the molecule is CC(C)(C)NS(=O)(=O)c1ccc(NC(=O)[C@H](Cc2ccccc2)NC(=O)c2ccc(F)nc2)cc1. The van der Waals surface area contributed by atoms with E-state index in [0.29, 0.717) is 5.69 Å². The van der Waals surface area contributed by atoms with Gasteiger partial charge in [-0.05, 0) is 62.7 Å². The minimum Gasteiger partial charge on any atom is -0.340 e. The van der Waals surface area contributed by atoms with E-state index in [4.69, 9.17) is 0 Å². The number of benzene rings is 2. The summed E-state index contributed by atoms with van der Waals surface area (Å²) in [6.07, 6.45) is 1.29. The lowest BCUT2D eigenvalue weighted by Gasteiger charge is -2.21. The Labute approximate surface area is 204 Å². The second kappa shape index (κ2) is 10.7. The third-order valence-corrected chi connectivity index (χ3v) is 6.54. The van der Waals surface area contributed by atoms with Crippen LogP contribution in [0.25, 0.3) is 0 Å². The standard InChI is InChI=1S/C25H27FN4O4S/c1-25(2,3)30-35(33,34)20-12-10-19(11-13-20)28-24(32)21(15-17-7-5-4-6-8-17)29-23(31)18-9-14-22(26)27-16-18/h4-14,16,21,30H,15H2,1-3H3,(H,28,32)(H,29,31)/t21-/m0/s1. The molecule has 184 valence electrons. The van der Waals surface area contributed by atoms with Crippen LogP contribution in [0.2, 0.25) is 0 Å². The molecule has 2 aromatic carbocycles. The van der Waals surface area contributed by atoms with Crippen molar-refractivity contribution in [3.05, 3.63) is 90.0 Å². The molecule has 0 aliphatic heterocycles. The minimum absolute atomic E-state index is 0.0587. The maximum atomic E-state index is 13.1. The second-order valence-electron chi connectivity index (χ2n) is 8.95. The average Bonchev–Trinajstić information content (AvgIpc) is 2.78. The molecule has 35 heavy (non-hydrogen) atoms. The smallest absolute Gasteiger partial charge is 0.253 e. The van der Waals surface area contributed by atoms with Crippen molar-refractivity contribution in [3.8, 4) is 0 Å². The molecule has 0 spiro atoms. The van der Waals surface area contributed by atoms with Crippen LogP contribution in [0, 0.1) is 5.95 Å². The Bertz CT molecular complexity index is 1270. The van der Waals surface area contributed by atoms with Gasteiger partial charge in [-0.1, -0.05) is 30.3 Å². The van der Waals surface area contributed by atoms with E-state index in [0.717, 1.165) is 17.8 Å². The largest absolute Gasteiger partial charge is 0.340 e. The molecule has 8 nitrogen and oxygen atoms in total. The van der Waals surface area contributed by atoms with Crippen LogP contribution in [0.15, 0.2) is 77.8 Å². The van der Waals surface area contributed by atoms with E-state index in [9.17, 15) is 22.4 Å². The van der Waals surface area contributed by atoms with Crippen molar-refractivity contribution >= 4 is 27.5 Å². The highest BCUT2D eigenvalue weighted by Gasteiger charge is 2.24. The summed E-state index contributed by atoms with van der Waals surface area (Å²) in [5.74, 6) is -1.80. The summed E-state index contributed by atoms with van der Waals surface area (Å²) in [5.41, 5.74) is 0.646. The van der Waals surface area contributed by atoms with Crippen LogP contribution in [0.3, 0.4) is 0 Å². The molecule has 0 radical (unpaired) electrons. The van der Waals surface area contributed by atoms with Crippen LogP contribution in [0.5, 0.6) is 0 Å². The van der Waals surface area contributed by atoms with Crippen molar-refractivity contribution in [3.63, 3.8) is 0 Å². The number of sulfonamides is 1. The Morgan fingerprint density at radius 3 is 2.20 bits per heavy atom. The first-order valence-corrected chi connectivity index (χ1v) is 12.3. The van der Waals surface area contributed by atoms with Crippen LogP contribution in [0.1, 0.15) is 36.7 Å². The molecule has 10 heteroatoms. The Morgan fingerprint density at radius 1 is 0.971 bits per heavy atom. The Morgan fingerprint density at radius 2 is 1.63 bits per heavy atom. The highest BCUT2D eigenvalue weighted by Crippen LogP contribution is 2.17. The molecular weight excluding hydrogens is 471 g/mol. The molecule has 0 saturated carbocycles. The van der Waals surface area contributed by atoms with E-state index in [-0.39, 0.29) is 16.9 Å². The number of hydrogen-bond acceptors (Lipinski definition) is 5. The summed E-state index contributed by atoms with van der Waals surface area (Å²) in [7, 11) is -3.72. The number of pyridine rings is 1. The lowest BCUT2D eigenvalue weighted by Crippen LogP contribution is -2.45. The van der Waals surface area contributed by atoms with Crippen molar-refractivity contribution in [2.75, 3.05) is 5.32 Å². The van der Waals surface area contributed by atoms with E-state index in [1.807, 2.05) is 30.3 Å². The zero-order valence-corrected chi connectivity index (χ0v) is 20.4. The van der Waals surface area contributed by atoms with E-state index in [2.05, 4.69) is 20.3 Å². The van der Waals surface area contributed by atoms with Crippen LogP contribution in [-0.2, 0) is 21.2 Å². The minimum atomic E-state index is -3.72. The quantitative estimate of drug-likeness (QED) is 0.412. The molecular formula is C25H27FN4O4S. The molecule has 3 aromatic rings. The fourth-order valence-corrected chi connectivity index (χ4v) is 4.64. The summed E-state index contributed by atoms with van der Waals surface area (Å²) in [5, 5.41) is 5.37. The maximum absolute atomic E-state index is 13.1. The van der Waals surface area contributed by atoms with Gasteiger partial charge in [-0.15, -0.1) is 0 Å². The van der Waals surface area contributed by atoms with E-state index < -0.39 is 39.4 Å². The number of hydrogen-bond donors (Lipinski definition) is 3. The van der Waals surface area contributed by atoms with Crippen LogP contribution >= 0.6 is 0 Å². The molecule has 0 saturated heterocycles. The third kappa shape index (κ3) is 7.69. The molecule has 0 bridgehead atoms. The first-order chi connectivity index (χ1) is 16.4. The molecule has 0 fully saturated rings. The van der Waals surface area contributed by atoms with Crippen molar-refractivity contribution in [1.82, 2.24) is 15.0 Å². The number of aromatic nitrogens is 1. The molecule has 2 amide bonds. The lowest BCUT2D eigenvalue weighted by molar-refractivity contribution is -0.118. The number of nitrogens with one attached hydrogen (secondary N) is 3. The highest BCUT2D eigenvalue weighted by molar-refractivity contribution is 7.89. The highest BCUT2D eigenvalue weighted by atomic mass is 32.2. The Hall–Kier alpha value is -3.63. The zero-order valence-electron chi connectivity index (χ0n) is 19.6. The first kappa shape index (κ1) is 26.0. The molecule has 1 atom stereocenters. The van der Waals surface area contributed by atoms with Gasteiger partial charge in [0.1, 0.15) is 6.04 Å². The number of carbonyl (C=O) groups is 2. The molecule has 0 aliphatic rings. The number of rotatable bonds is 8. The second-order valence-corrected chi connectivity index (χ2v) is 10.6. The molecule has 1 heterocycles. The van der Waals surface area contributed by atoms with Gasteiger partial charge in [0.15, 0.2) is 0 Å². The summed E-state index contributed by atoms with van der Waals surface area (Å²) in [6.45, 7) is 5.22. The number of anilines is 1. The van der Waals surface area contributed by atoms with Crippen LogP contribution in [0.4, 0.5) is 10.1 Å². The summed E-state index contributed by atoms with van der Waals surface area (Å²) >= 11 is 0. The number of halogens is 1.